The van der Waals surface area contributed by atoms with Crippen LogP contribution in [0.15, 0.2) is 82.7 Å². The van der Waals surface area contributed by atoms with E-state index >= 15 is 0 Å². The van der Waals surface area contributed by atoms with Crippen molar-refractivity contribution in [1.29, 1.82) is 0 Å². The predicted molar refractivity (Wildman–Crippen MR) is 125 cm³/mol. The molecule has 0 saturated heterocycles. The van der Waals surface area contributed by atoms with Gasteiger partial charge in [-0.25, -0.2) is 4.98 Å². The number of fused-ring (bicyclic) bond motifs is 3. The van der Waals surface area contributed by atoms with Crippen LogP contribution in [-0.2, 0) is 18.1 Å². The van der Waals surface area contributed by atoms with Crippen LogP contribution in [0.25, 0.3) is 27.6 Å². The van der Waals surface area contributed by atoms with Crippen LogP contribution >= 0.6 is 11.8 Å². The van der Waals surface area contributed by atoms with Crippen LogP contribution in [0.3, 0.4) is 0 Å². The molecule has 0 amide bonds. The molecular weight excluding hydrogens is 504 g/mol. The molecule has 0 radical (unpaired) electrons. The second-order valence-electron chi connectivity index (χ2n) is 7.96. The molecule has 1 N–H and O–H groups in total. The Labute approximate surface area is 203 Å². The zero-order valence-electron chi connectivity index (χ0n) is 18.1. The maximum atomic E-state index is 13.5. The molecular formula is C25H15F6N3OS. The fourth-order valence-corrected chi connectivity index (χ4v) is 4.79. The van der Waals surface area contributed by atoms with Gasteiger partial charge in [0.1, 0.15) is 11.0 Å². The molecule has 5 aromatic rings. The minimum atomic E-state index is -4.62. The molecule has 0 bridgehead atoms. The van der Waals surface area contributed by atoms with E-state index in [0.717, 1.165) is 40.6 Å². The summed E-state index contributed by atoms with van der Waals surface area (Å²) in [7, 11) is 0. The second-order valence-corrected chi connectivity index (χ2v) is 8.90. The lowest BCUT2D eigenvalue weighted by Gasteiger charge is -2.14. The molecule has 0 aliphatic carbocycles. The number of rotatable bonds is 4. The van der Waals surface area contributed by atoms with E-state index in [-0.39, 0.29) is 22.1 Å². The molecule has 0 spiro atoms. The molecule has 0 aliphatic heterocycles. The monoisotopic (exact) mass is 519 g/mol. The van der Waals surface area contributed by atoms with Crippen molar-refractivity contribution < 1.29 is 26.3 Å². The van der Waals surface area contributed by atoms with Crippen molar-refractivity contribution in [2.45, 2.75) is 23.3 Å². The smallest absolute Gasteiger partial charge is 0.349 e. The van der Waals surface area contributed by atoms with Gasteiger partial charge in [0.2, 0.25) is 0 Å². The minimum absolute atomic E-state index is 0.0298. The largest absolute Gasteiger partial charge is 0.416 e. The molecule has 36 heavy (non-hydrogen) atoms. The summed E-state index contributed by atoms with van der Waals surface area (Å²) in [6, 6.07) is 15.9. The Kier molecular flexibility index (Phi) is 5.82. The molecule has 0 atom stereocenters. The Morgan fingerprint density at radius 3 is 2.22 bits per heavy atom. The van der Waals surface area contributed by atoms with Crippen molar-refractivity contribution in [3.63, 3.8) is 0 Å². The number of aromatic amines is 1. The van der Waals surface area contributed by atoms with Gasteiger partial charge >= 0.3 is 12.4 Å². The van der Waals surface area contributed by atoms with E-state index in [1.807, 2.05) is 0 Å². The van der Waals surface area contributed by atoms with Gasteiger partial charge in [0, 0.05) is 16.7 Å². The SMILES string of the molecule is O=c1c2[nH]c3ccccc3c2nc(SCc2ccc(C(F)(F)F)cc2)n1-c1cccc(C(F)(F)F)c1. The third kappa shape index (κ3) is 4.46. The molecule has 0 fully saturated rings. The fourth-order valence-electron chi connectivity index (χ4n) is 3.83. The minimum Gasteiger partial charge on any atom is -0.349 e. The highest BCUT2D eigenvalue weighted by molar-refractivity contribution is 7.98. The van der Waals surface area contributed by atoms with Crippen LogP contribution in [0.5, 0.6) is 0 Å². The average molecular weight is 519 g/mol. The van der Waals surface area contributed by atoms with Gasteiger partial charge in [0.25, 0.3) is 5.56 Å². The first-order valence-corrected chi connectivity index (χ1v) is 11.5. The highest BCUT2D eigenvalue weighted by Crippen LogP contribution is 2.33. The number of alkyl halides is 6. The van der Waals surface area contributed by atoms with E-state index in [0.29, 0.717) is 22.0 Å². The highest BCUT2D eigenvalue weighted by Gasteiger charge is 2.31. The summed E-state index contributed by atoms with van der Waals surface area (Å²) < 4.78 is 79.8. The van der Waals surface area contributed by atoms with E-state index in [9.17, 15) is 31.1 Å². The van der Waals surface area contributed by atoms with Crippen molar-refractivity contribution in [1.82, 2.24) is 14.5 Å². The molecule has 3 aromatic carbocycles. The third-order valence-corrected chi connectivity index (χ3v) is 6.58. The number of halogens is 6. The Bertz CT molecular complexity index is 1640. The predicted octanol–water partition coefficient (Wildman–Crippen LogP) is 7.20. The number of hydrogen-bond acceptors (Lipinski definition) is 3. The van der Waals surface area contributed by atoms with Crippen molar-refractivity contribution in [3.8, 4) is 5.69 Å². The Hall–Kier alpha value is -3.73. The lowest BCUT2D eigenvalue weighted by atomic mass is 10.1. The van der Waals surface area contributed by atoms with Crippen LogP contribution in [0.1, 0.15) is 16.7 Å². The van der Waals surface area contributed by atoms with Crippen LogP contribution < -0.4 is 5.56 Å². The van der Waals surface area contributed by atoms with Crippen molar-refractivity contribution in [2.75, 3.05) is 0 Å². The Balaban J connectivity index is 1.64. The first kappa shape index (κ1) is 24.0. The number of nitrogens with one attached hydrogen (secondary N) is 1. The van der Waals surface area contributed by atoms with Gasteiger partial charge in [0.05, 0.1) is 16.8 Å². The van der Waals surface area contributed by atoms with Crippen LogP contribution in [0, 0.1) is 0 Å². The Morgan fingerprint density at radius 2 is 1.53 bits per heavy atom. The molecule has 2 heterocycles. The van der Waals surface area contributed by atoms with Gasteiger partial charge in [-0.3, -0.25) is 9.36 Å². The quantitative estimate of drug-likeness (QED) is 0.155. The first-order valence-electron chi connectivity index (χ1n) is 10.5. The number of benzene rings is 3. The van der Waals surface area contributed by atoms with Crippen LogP contribution in [0.4, 0.5) is 26.3 Å². The topological polar surface area (TPSA) is 50.7 Å². The van der Waals surface area contributed by atoms with Gasteiger partial charge < -0.3 is 4.98 Å². The first-order chi connectivity index (χ1) is 17.0. The lowest BCUT2D eigenvalue weighted by Crippen LogP contribution is -2.22. The van der Waals surface area contributed by atoms with Crippen molar-refractivity contribution in [2.24, 2.45) is 0 Å². The summed E-state index contributed by atoms with van der Waals surface area (Å²) in [5.74, 6) is 0.136. The number of H-pyrrole nitrogens is 1. The van der Waals surface area contributed by atoms with Gasteiger partial charge in [0.15, 0.2) is 5.16 Å². The molecule has 2 aromatic heterocycles. The fraction of sp³-hybridized carbons (Fsp3) is 0.120. The summed E-state index contributed by atoms with van der Waals surface area (Å²) in [5, 5.41) is 0.772. The van der Waals surface area contributed by atoms with E-state index in [1.54, 1.807) is 24.3 Å². The van der Waals surface area contributed by atoms with E-state index in [4.69, 9.17) is 0 Å². The van der Waals surface area contributed by atoms with Gasteiger partial charge in [-0.05, 0) is 42.0 Å². The maximum Gasteiger partial charge on any atom is 0.416 e. The summed E-state index contributed by atoms with van der Waals surface area (Å²) >= 11 is 1.04. The standard InChI is InChI=1S/C25H15F6N3OS/c26-24(27,28)15-10-8-14(9-11-15)13-36-23-33-20-18-6-1-2-7-19(18)32-21(20)22(35)34(23)17-5-3-4-16(12-17)25(29,30)31/h1-12,32H,13H2. The molecule has 5 rings (SSSR count). The van der Waals surface area contributed by atoms with E-state index in [1.165, 1.54) is 24.3 Å². The molecule has 0 unspecified atom stereocenters. The summed E-state index contributed by atoms with van der Waals surface area (Å²) in [6.45, 7) is 0. The van der Waals surface area contributed by atoms with Crippen molar-refractivity contribution in [3.05, 3.63) is 99.8 Å². The average Bonchev–Trinajstić information content (AvgIpc) is 3.21. The van der Waals surface area contributed by atoms with Gasteiger partial charge in [-0.1, -0.05) is 48.2 Å². The maximum absolute atomic E-state index is 13.5. The molecule has 11 heteroatoms. The summed E-state index contributed by atoms with van der Waals surface area (Å²) in [4.78, 5) is 21.1. The van der Waals surface area contributed by atoms with Crippen LogP contribution in [0.2, 0.25) is 0 Å². The van der Waals surface area contributed by atoms with Crippen LogP contribution in [-0.4, -0.2) is 14.5 Å². The van der Waals surface area contributed by atoms with Gasteiger partial charge in [-0.2, -0.15) is 26.3 Å². The van der Waals surface area contributed by atoms with E-state index in [2.05, 4.69) is 9.97 Å². The number of nitrogens with zero attached hydrogens (tertiary/aromatic N) is 2. The molecule has 0 aliphatic rings. The summed E-state index contributed by atoms with van der Waals surface area (Å²) in [5.41, 5.74) is -0.697. The zero-order valence-corrected chi connectivity index (χ0v) is 18.9. The number of para-hydroxylation sites is 1. The molecule has 4 nitrogen and oxygen atoms in total. The molecule has 184 valence electrons. The lowest BCUT2D eigenvalue weighted by molar-refractivity contribution is -0.138. The van der Waals surface area contributed by atoms with E-state index < -0.39 is 29.0 Å². The van der Waals surface area contributed by atoms with Crippen molar-refractivity contribution >= 4 is 33.7 Å². The zero-order chi connectivity index (χ0) is 25.7. The van der Waals surface area contributed by atoms with Gasteiger partial charge in [-0.15, -0.1) is 0 Å². The Morgan fingerprint density at radius 1 is 0.833 bits per heavy atom. The number of hydrogen-bond donors (Lipinski definition) is 1. The normalized spacial score (nSPS) is 12.5. The molecule has 0 saturated carbocycles. The number of thioether (sulfide) groups is 1. The summed E-state index contributed by atoms with van der Waals surface area (Å²) in [6.07, 6.45) is -9.09. The number of aromatic nitrogens is 3. The highest BCUT2D eigenvalue weighted by atomic mass is 32.2. The second kappa shape index (κ2) is 8.74. The third-order valence-electron chi connectivity index (χ3n) is 5.58.